The number of nitrogens with zero attached hydrogens (tertiary/aromatic N) is 2. The van der Waals surface area contributed by atoms with E-state index < -0.39 is 23.5 Å². The van der Waals surface area contributed by atoms with Crippen LogP contribution in [-0.2, 0) is 4.79 Å². The quantitative estimate of drug-likeness (QED) is 0.867. The van der Waals surface area contributed by atoms with Gasteiger partial charge in [-0.2, -0.15) is 18.4 Å². The highest BCUT2D eigenvalue weighted by Gasteiger charge is 2.42. The molecule has 2 atom stereocenters. The van der Waals surface area contributed by atoms with Gasteiger partial charge in [0.25, 0.3) is 0 Å². The molecule has 1 amide bonds. The van der Waals surface area contributed by atoms with Crippen LogP contribution < -0.4 is 5.32 Å². The van der Waals surface area contributed by atoms with Crippen LogP contribution in [-0.4, -0.2) is 42.2 Å². The zero-order valence-corrected chi connectivity index (χ0v) is 12.6. The summed E-state index contributed by atoms with van der Waals surface area (Å²) in [6, 6.07) is 2.05. The maximum Gasteiger partial charge on any atom is 0.393 e. The van der Waals surface area contributed by atoms with E-state index in [-0.39, 0.29) is 25.4 Å². The Balaban J connectivity index is 2.57. The molecule has 0 aromatic rings. The van der Waals surface area contributed by atoms with Crippen molar-refractivity contribution in [1.82, 2.24) is 10.2 Å². The Labute approximate surface area is 123 Å². The van der Waals surface area contributed by atoms with E-state index in [4.69, 9.17) is 5.26 Å². The number of carbonyl (C=O) groups is 1. The lowest BCUT2D eigenvalue weighted by molar-refractivity contribution is -0.187. The van der Waals surface area contributed by atoms with Gasteiger partial charge in [-0.05, 0) is 32.2 Å². The number of likely N-dealkylation sites (tertiary alicyclic amines) is 1. The van der Waals surface area contributed by atoms with Crippen LogP contribution >= 0.6 is 0 Å². The molecule has 1 N–H and O–H groups in total. The molecular formula is C14H22F3N3O. The molecule has 0 aliphatic carbocycles. The molecule has 1 rings (SSSR count). The van der Waals surface area contributed by atoms with E-state index in [9.17, 15) is 18.0 Å². The summed E-state index contributed by atoms with van der Waals surface area (Å²) in [5.74, 6) is -1.86. The van der Waals surface area contributed by atoms with Gasteiger partial charge < -0.3 is 5.32 Å². The highest BCUT2D eigenvalue weighted by molar-refractivity contribution is 5.79. The minimum absolute atomic E-state index is 0.0873. The number of halogens is 3. The minimum Gasteiger partial charge on any atom is -0.337 e. The summed E-state index contributed by atoms with van der Waals surface area (Å²) < 4.78 is 38.1. The largest absolute Gasteiger partial charge is 0.393 e. The van der Waals surface area contributed by atoms with Gasteiger partial charge in [0, 0.05) is 6.54 Å². The summed E-state index contributed by atoms with van der Waals surface area (Å²) in [4.78, 5) is 13.5. The van der Waals surface area contributed by atoms with E-state index in [0.29, 0.717) is 13.0 Å². The fraction of sp³-hybridized carbons (Fsp3) is 0.857. The van der Waals surface area contributed by atoms with Crippen LogP contribution in [0.25, 0.3) is 0 Å². The van der Waals surface area contributed by atoms with Gasteiger partial charge in [0.15, 0.2) is 0 Å². The second kappa shape index (κ2) is 6.65. The first-order valence-corrected chi connectivity index (χ1v) is 7.10. The highest BCUT2D eigenvalue weighted by atomic mass is 19.4. The summed E-state index contributed by atoms with van der Waals surface area (Å²) in [7, 11) is 0. The third-order valence-corrected chi connectivity index (χ3v) is 4.12. The van der Waals surface area contributed by atoms with Gasteiger partial charge in [0.1, 0.15) is 5.54 Å². The van der Waals surface area contributed by atoms with Crippen LogP contribution in [0.2, 0.25) is 0 Å². The van der Waals surface area contributed by atoms with E-state index >= 15 is 0 Å². The molecular weight excluding hydrogens is 283 g/mol. The molecule has 1 saturated heterocycles. The van der Waals surface area contributed by atoms with Crippen molar-refractivity contribution < 1.29 is 18.0 Å². The third kappa shape index (κ3) is 4.88. The van der Waals surface area contributed by atoms with Gasteiger partial charge in [0.2, 0.25) is 5.91 Å². The van der Waals surface area contributed by atoms with E-state index in [0.717, 1.165) is 0 Å². The Morgan fingerprint density at radius 3 is 2.57 bits per heavy atom. The van der Waals surface area contributed by atoms with Crippen molar-refractivity contribution >= 4 is 5.91 Å². The number of nitriles is 1. The SMILES string of the molecule is CC(C)[C@@](C)(C#N)NC(=O)CN1CCC[C@H](C(F)(F)F)C1. The molecule has 21 heavy (non-hydrogen) atoms. The van der Waals surface area contributed by atoms with Gasteiger partial charge in [-0.3, -0.25) is 9.69 Å². The van der Waals surface area contributed by atoms with Crippen LogP contribution in [0.4, 0.5) is 13.2 Å². The average molecular weight is 305 g/mol. The first-order valence-electron chi connectivity index (χ1n) is 7.10. The van der Waals surface area contributed by atoms with Crippen molar-refractivity contribution in [2.75, 3.05) is 19.6 Å². The fourth-order valence-electron chi connectivity index (χ4n) is 2.30. The third-order valence-electron chi connectivity index (χ3n) is 4.12. The molecule has 1 fully saturated rings. The predicted octanol–water partition coefficient (Wildman–Crippen LogP) is 2.32. The molecule has 1 aliphatic heterocycles. The Kier molecular flexibility index (Phi) is 5.62. The Morgan fingerprint density at radius 1 is 1.48 bits per heavy atom. The Morgan fingerprint density at radius 2 is 2.10 bits per heavy atom. The molecule has 120 valence electrons. The van der Waals surface area contributed by atoms with E-state index in [1.807, 2.05) is 19.9 Å². The number of piperidine rings is 1. The second-order valence-corrected chi connectivity index (χ2v) is 6.13. The maximum atomic E-state index is 12.7. The average Bonchev–Trinajstić information content (AvgIpc) is 2.37. The monoisotopic (exact) mass is 305 g/mol. The number of nitrogens with one attached hydrogen (secondary N) is 1. The molecule has 0 bridgehead atoms. The lowest BCUT2D eigenvalue weighted by atomic mass is 9.90. The van der Waals surface area contributed by atoms with Crippen LogP contribution in [0.5, 0.6) is 0 Å². The van der Waals surface area contributed by atoms with Crippen LogP contribution in [0.3, 0.4) is 0 Å². The highest BCUT2D eigenvalue weighted by Crippen LogP contribution is 2.32. The maximum absolute atomic E-state index is 12.7. The lowest BCUT2D eigenvalue weighted by Gasteiger charge is -2.34. The van der Waals surface area contributed by atoms with Crippen molar-refractivity contribution in [3.05, 3.63) is 0 Å². The minimum atomic E-state index is -4.21. The van der Waals surface area contributed by atoms with Gasteiger partial charge in [0.05, 0.1) is 18.5 Å². The number of rotatable bonds is 4. The molecule has 1 aliphatic rings. The van der Waals surface area contributed by atoms with Crippen LogP contribution in [0.15, 0.2) is 0 Å². The number of carbonyl (C=O) groups excluding carboxylic acids is 1. The summed E-state index contributed by atoms with van der Waals surface area (Å²) in [6.45, 7) is 5.46. The van der Waals surface area contributed by atoms with Crippen LogP contribution in [0, 0.1) is 23.2 Å². The summed E-state index contributed by atoms with van der Waals surface area (Å²) in [5.41, 5.74) is -1.00. The molecule has 0 spiro atoms. The molecule has 0 aromatic carbocycles. The number of hydrogen-bond donors (Lipinski definition) is 1. The lowest BCUT2D eigenvalue weighted by Crippen LogP contribution is -2.53. The molecule has 7 heteroatoms. The molecule has 1 heterocycles. The first-order chi connectivity index (χ1) is 9.58. The molecule has 0 aromatic heterocycles. The van der Waals surface area contributed by atoms with Gasteiger partial charge in [-0.25, -0.2) is 0 Å². The van der Waals surface area contributed by atoms with Gasteiger partial charge in [-0.1, -0.05) is 13.8 Å². The summed E-state index contributed by atoms with van der Waals surface area (Å²) in [6.07, 6.45) is -3.67. The van der Waals surface area contributed by atoms with E-state index in [1.54, 1.807) is 6.92 Å². The smallest absolute Gasteiger partial charge is 0.337 e. The van der Waals surface area contributed by atoms with Crippen molar-refractivity contribution in [2.45, 2.75) is 45.3 Å². The normalized spacial score (nSPS) is 23.4. The van der Waals surface area contributed by atoms with Crippen molar-refractivity contribution in [3.63, 3.8) is 0 Å². The zero-order valence-electron chi connectivity index (χ0n) is 12.6. The summed E-state index contributed by atoms with van der Waals surface area (Å²) in [5, 5.41) is 11.8. The fourth-order valence-corrected chi connectivity index (χ4v) is 2.30. The Bertz CT molecular complexity index is 417. The van der Waals surface area contributed by atoms with Crippen LogP contribution in [0.1, 0.15) is 33.6 Å². The van der Waals surface area contributed by atoms with Gasteiger partial charge in [-0.15, -0.1) is 0 Å². The number of amides is 1. The summed E-state index contributed by atoms with van der Waals surface area (Å²) >= 11 is 0. The standard InChI is InChI=1S/C14H22F3N3O/c1-10(2)13(3,9-18)19-12(21)8-20-6-4-5-11(7-20)14(15,16)17/h10-11H,4-8H2,1-3H3,(H,19,21)/t11-,13+/m0/s1. The molecule has 4 nitrogen and oxygen atoms in total. The number of alkyl halides is 3. The van der Waals surface area contributed by atoms with Crippen molar-refractivity contribution in [3.8, 4) is 6.07 Å². The number of hydrogen-bond acceptors (Lipinski definition) is 3. The predicted molar refractivity (Wildman–Crippen MR) is 72.2 cm³/mol. The van der Waals surface area contributed by atoms with E-state index in [2.05, 4.69) is 5.32 Å². The van der Waals surface area contributed by atoms with Gasteiger partial charge >= 0.3 is 6.18 Å². The van der Waals surface area contributed by atoms with Crippen molar-refractivity contribution in [1.29, 1.82) is 5.26 Å². The molecule has 0 unspecified atom stereocenters. The van der Waals surface area contributed by atoms with Crippen molar-refractivity contribution in [2.24, 2.45) is 11.8 Å². The first kappa shape index (κ1) is 17.8. The molecule has 0 radical (unpaired) electrons. The molecule has 0 saturated carbocycles. The zero-order chi connectivity index (χ0) is 16.3. The topological polar surface area (TPSA) is 56.1 Å². The Hall–Kier alpha value is -1.29. The van der Waals surface area contributed by atoms with E-state index in [1.165, 1.54) is 4.90 Å². The second-order valence-electron chi connectivity index (χ2n) is 6.13.